The van der Waals surface area contributed by atoms with E-state index in [9.17, 15) is 28.8 Å². The van der Waals surface area contributed by atoms with Gasteiger partial charge in [-0.3, -0.25) is 28.5 Å². The summed E-state index contributed by atoms with van der Waals surface area (Å²) >= 11 is 2.69. The van der Waals surface area contributed by atoms with E-state index in [1.165, 1.54) is 64.7 Å². The van der Waals surface area contributed by atoms with E-state index in [2.05, 4.69) is 20.2 Å². The molecule has 1 fully saturated rings. The highest BCUT2D eigenvalue weighted by Gasteiger charge is 2.43. The molecule has 6 aromatic rings. The van der Waals surface area contributed by atoms with Gasteiger partial charge in [0.15, 0.2) is 35.9 Å². The van der Waals surface area contributed by atoms with E-state index in [0.29, 0.717) is 46.1 Å². The van der Waals surface area contributed by atoms with Gasteiger partial charge in [-0.05, 0) is 85.5 Å². The second-order valence-electron chi connectivity index (χ2n) is 25.0. The molecule has 5 heterocycles. The average Bonchev–Trinajstić information content (AvgIpc) is 1.29. The predicted octanol–water partition coefficient (Wildman–Crippen LogP) is 8.65. The first-order chi connectivity index (χ1) is 43.6. The van der Waals surface area contributed by atoms with Crippen molar-refractivity contribution in [2.75, 3.05) is 28.2 Å². The molecule has 26 heteroatoms. The number of carbonyl (C=O) groups excluding carboxylic acids is 8. The van der Waals surface area contributed by atoms with Crippen LogP contribution in [0.15, 0.2) is 96.5 Å². The number of cyclic esters (lactones) is 4. The van der Waals surface area contributed by atoms with Gasteiger partial charge in [0.05, 0.1) is 37.9 Å². The molecule has 496 valence electrons. The lowest BCUT2D eigenvalue weighted by atomic mass is 9.99. The first-order valence-electron chi connectivity index (χ1n) is 30.9. The van der Waals surface area contributed by atoms with E-state index >= 15 is 9.59 Å². The number of ether oxygens (including phenoxy) is 6. The summed E-state index contributed by atoms with van der Waals surface area (Å²) in [5, 5.41) is 13.4. The van der Waals surface area contributed by atoms with Crippen LogP contribution in [-0.2, 0) is 83.2 Å². The number of rotatable bonds is 20. The molecule has 0 bridgehead atoms. The molecule has 2 aromatic carbocycles. The zero-order valence-electron chi connectivity index (χ0n) is 54.8. The maximum Gasteiger partial charge on any atom is 0.329 e. The lowest BCUT2D eigenvalue weighted by Crippen LogP contribution is -2.55. The average molecular weight is 1310 g/mol. The molecule has 1 saturated heterocycles. The van der Waals surface area contributed by atoms with E-state index in [0.717, 1.165) is 30.7 Å². The van der Waals surface area contributed by atoms with E-state index in [1.54, 1.807) is 81.6 Å². The minimum Gasteiger partial charge on any atom is -0.451 e. The second-order valence-corrected chi connectivity index (χ2v) is 26.7. The SMILES string of the molecule is CC(C)C[C@H]1C(=O)O[C@H](Cc2ccc(Cn3cc(Oc4nccs4)cn3)cc2)C(=O)N(C)[C@@H](CC(C)C)C(=O)O[C@H](C)C(=O)N(C)[C@@H](CC(C)C)C(=O)O[C@H](Cc2ccc(Cn3cc(Oc4nccs4)cn3)cc2)C(=O)N(C)[C@@H](CC(C)C)C(=O)O[C@H](C)C(=O)N1C. The quantitative estimate of drug-likeness (QED) is 0.0511. The Morgan fingerprint density at radius 1 is 0.435 bits per heavy atom. The number of nitrogens with zero attached hydrogens (tertiary/aromatic N) is 10. The van der Waals surface area contributed by atoms with E-state index in [4.69, 9.17) is 28.4 Å². The summed E-state index contributed by atoms with van der Waals surface area (Å²) in [5.74, 6) is -6.70. The summed E-state index contributed by atoms with van der Waals surface area (Å²) in [5.41, 5.74) is 2.84. The third-order valence-corrected chi connectivity index (χ3v) is 16.8. The summed E-state index contributed by atoms with van der Waals surface area (Å²) in [7, 11) is 5.53. The van der Waals surface area contributed by atoms with Gasteiger partial charge in [0.1, 0.15) is 24.2 Å². The van der Waals surface area contributed by atoms with Crippen LogP contribution in [0.25, 0.3) is 0 Å². The number of hydrogen-bond acceptors (Lipinski definition) is 20. The van der Waals surface area contributed by atoms with Crippen LogP contribution in [-0.4, -0.2) is 173 Å². The smallest absolute Gasteiger partial charge is 0.329 e. The van der Waals surface area contributed by atoms with Gasteiger partial charge in [-0.15, -0.1) is 0 Å². The summed E-state index contributed by atoms with van der Waals surface area (Å²) in [6.45, 7) is 18.2. The number of benzene rings is 2. The van der Waals surface area contributed by atoms with Crippen molar-refractivity contribution in [2.45, 2.75) is 169 Å². The molecule has 0 aliphatic carbocycles. The number of esters is 4. The van der Waals surface area contributed by atoms with Crippen molar-refractivity contribution in [3.63, 3.8) is 0 Å². The minimum atomic E-state index is -1.57. The summed E-state index contributed by atoms with van der Waals surface area (Å²) in [6, 6.07) is 9.20. The van der Waals surface area contributed by atoms with Gasteiger partial charge in [0.2, 0.25) is 0 Å². The first-order valence-corrected chi connectivity index (χ1v) is 32.6. The normalized spacial score (nSPS) is 21.7. The van der Waals surface area contributed by atoms with Crippen molar-refractivity contribution in [2.24, 2.45) is 23.7 Å². The van der Waals surface area contributed by atoms with Gasteiger partial charge in [-0.25, -0.2) is 29.1 Å². The largest absolute Gasteiger partial charge is 0.451 e. The van der Waals surface area contributed by atoms with Crippen LogP contribution in [0.2, 0.25) is 0 Å². The van der Waals surface area contributed by atoms with Crippen molar-refractivity contribution in [3.8, 4) is 21.9 Å². The third kappa shape index (κ3) is 19.7. The molecule has 0 radical (unpaired) electrons. The van der Waals surface area contributed by atoms with Crippen molar-refractivity contribution in [3.05, 3.63) is 119 Å². The Bertz CT molecular complexity index is 3180. The number of carbonyl (C=O) groups is 8. The molecule has 0 N–H and O–H groups in total. The summed E-state index contributed by atoms with van der Waals surface area (Å²) in [6.07, 6.45) is 3.62. The van der Waals surface area contributed by atoms with Gasteiger partial charge in [0, 0.05) is 64.2 Å². The fourth-order valence-corrected chi connectivity index (χ4v) is 11.5. The highest BCUT2D eigenvalue weighted by atomic mass is 32.1. The molecule has 0 saturated carbocycles. The Balaban J connectivity index is 1.21. The van der Waals surface area contributed by atoms with Crippen molar-refractivity contribution < 1.29 is 66.8 Å². The van der Waals surface area contributed by atoms with Crippen molar-refractivity contribution in [1.29, 1.82) is 0 Å². The Labute approximate surface area is 545 Å². The standard InChI is InChI=1S/C66H86N10O14S2/c1-39(2)27-51-61(81)85-43(9)57(77)71(11)54(30-42(7)8)64(84)90-56(32-46-17-21-48(22-18-46)36-76-38-50(34-70-76)88-66-68-24-26-92-66)60(80)74(14)52(28-40(3)4)62(82)86-44(10)58(78)72(12)53(29-41(5)6)63(83)89-55(59(79)73(51)13)31-45-15-19-47(20-16-45)35-75-37-49(33-69-75)87-65-67-23-25-91-65/h15-26,33-34,37-44,51-56H,27-32,35-36H2,1-14H3/t43-,44-,51+,52+,53+,54+,55-,56-/m1/s1. The lowest BCUT2D eigenvalue weighted by molar-refractivity contribution is -0.176. The third-order valence-electron chi connectivity index (χ3n) is 15.5. The predicted molar refractivity (Wildman–Crippen MR) is 342 cm³/mol. The highest BCUT2D eigenvalue weighted by molar-refractivity contribution is 7.11. The van der Waals surface area contributed by atoms with Crippen molar-refractivity contribution >= 4 is 70.2 Å². The van der Waals surface area contributed by atoms with Crippen LogP contribution in [0.1, 0.15) is 117 Å². The number of likely N-dealkylation sites (N-methyl/N-ethyl adjacent to an activating group) is 4. The summed E-state index contributed by atoms with van der Waals surface area (Å²) in [4.78, 5) is 131. The van der Waals surface area contributed by atoms with E-state index < -0.39 is 96.1 Å². The molecule has 0 spiro atoms. The van der Waals surface area contributed by atoms with Gasteiger partial charge in [0.25, 0.3) is 34.0 Å². The number of thiazole rings is 2. The van der Waals surface area contributed by atoms with Crippen LogP contribution < -0.4 is 9.47 Å². The van der Waals surface area contributed by atoms with Gasteiger partial charge < -0.3 is 48.0 Å². The fraction of sp³-hybridized carbons (Fsp3) is 0.515. The molecular weight excluding hydrogens is 1220 g/mol. The van der Waals surface area contributed by atoms with Gasteiger partial charge in [-0.1, -0.05) is 127 Å². The maximum atomic E-state index is 15.1. The highest BCUT2D eigenvalue weighted by Crippen LogP contribution is 2.28. The van der Waals surface area contributed by atoms with Crippen LogP contribution >= 0.6 is 22.7 Å². The van der Waals surface area contributed by atoms with E-state index in [-0.39, 0.29) is 62.2 Å². The maximum absolute atomic E-state index is 15.1. The molecule has 1 aliphatic heterocycles. The summed E-state index contributed by atoms with van der Waals surface area (Å²) < 4.78 is 39.3. The minimum absolute atomic E-state index is 0.0585. The molecular formula is C66H86N10O14S2. The number of hydrogen-bond donors (Lipinski definition) is 0. The topological polar surface area (TPSA) is 266 Å². The Hall–Kier alpha value is -8.52. The Morgan fingerprint density at radius 3 is 1.02 bits per heavy atom. The van der Waals surface area contributed by atoms with Crippen LogP contribution in [0.3, 0.4) is 0 Å². The molecule has 4 aromatic heterocycles. The number of aromatic nitrogens is 6. The van der Waals surface area contributed by atoms with Crippen molar-refractivity contribution in [1.82, 2.24) is 49.1 Å². The fourth-order valence-electron chi connectivity index (χ4n) is 10.5. The lowest BCUT2D eigenvalue weighted by Gasteiger charge is -2.35. The van der Waals surface area contributed by atoms with Gasteiger partial charge in [-0.2, -0.15) is 10.2 Å². The van der Waals surface area contributed by atoms with Gasteiger partial charge >= 0.3 is 23.9 Å². The molecule has 7 rings (SSSR count). The molecule has 24 nitrogen and oxygen atoms in total. The monoisotopic (exact) mass is 1310 g/mol. The molecule has 92 heavy (non-hydrogen) atoms. The zero-order chi connectivity index (χ0) is 67.1. The second kappa shape index (κ2) is 32.7. The van der Waals surface area contributed by atoms with E-state index in [1.807, 2.05) is 79.7 Å². The molecule has 8 atom stereocenters. The van der Waals surface area contributed by atoms with Crippen LogP contribution in [0.5, 0.6) is 21.9 Å². The van der Waals surface area contributed by atoms with Crippen LogP contribution in [0, 0.1) is 23.7 Å². The van der Waals surface area contributed by atoms with Crippen LogP contribution in [0.4, 0.5) is 0 Å². The Kier molecular flexibility index (Phi) is 25.2. The molecule has 1 aliphatic rings. The first kappa shape index (κ1) is 70.9. The molecule has 4 amide bonds. The zero-order valence-corrected chi connectivity index (χ0v) is 56.5. The molecule has 0 unspecified atom stereocenters. The Morgan fingerprint density at radius 2 is 0.728 bits per heavy atom. The number of amides is 4.